The van der Waals surface area contributed by atoms with E-state index >= 15 is 0 Å². The Morgan fingerprint density at radius 1 is 1.26 bits per heavy atom. The molecule has 0 spiro atoms. The molecule has 1 rings (SSSR count). The summed E-state index contributed by atoms with van der Waals surface area (Å²) in [5.74, 6) is 0.666. The third-order valence-corrected chi connectivity index (χ3v) is 6.69. The van der Waals surface area contributed by atoms with Crippen molar-refractivity contribution in [2.45, 2.75) is 53.9 Å². The number of rotatable bonds is 8. The predicted molar refractivity (Wildman–Crippen MR) is 88.6 cm³/mol. The Bertz CT molecular complexity index is 334. The summed E-state index contributed by atoms with van der Waals surface area (Å²) in [7, 11) is -0.997. The van der Waals surface area contributed by atoms with E-state index in [9.17, 15) is 4.21 Å². The van der Waals surface area contributed by atoms with Gasteiger partial charge in [-0.2, -0.15) is 5.10 Å². The lowest BCUT2D eigenvalue weighted by Gasteiger charge is -2.11. The lowest BCUT2D eigenvalue weighted by Crippen LogP contribution is -2.24. The highest BCUT2D eigenvalue weighted by Gasteiger charge is 2.36. The van der Waals surface area contributed by atoms with Crippen molar-refractivity contribution < 1.29 is 4.21 Å². The molecule has 0 saturated carbocycles. The third kappa shape index (κ3) is 6.89. The fourth-order valence-corrected chi connectivity index (χ4v) is 4.58. The third-order valence-electron chi connectivity index (χ3n) is 2.67. The van der Waals surface area contributed by atoms with Gasteiger partial charge in [-0.25, -0.2) is 0 Å². The number of hydrogen-bond acceptors (Lipinski definition) is 4. The number of nitrogens with zero attached hydrogens (tertiary/aromatic N) is 1. The van der Waals surface area contributed by atoms with E-state index < -0.39 is 14.6 Å². The number of alkyl halides is 3. The summed E-state index contributed by atoms with van der Waals surface area (Å²) in [6.45, 7) is 2.19. The van der Waals surface area contributed by atoms with Gasteiger partial charge in [0.25, 0.3) is 0 Å². The minimum Gasteiger partial charge on any atom is -0.283 e. The van der Waals surface area contributed by atoms with Crippen molar-refractivity contribution in [2.75, 3.05) is 5.75 Å². The zero-order valence-corrected chi connectivity index (χ0v) is 14.7. The van der Waals surface area contributed by atoms with E-state index in [-0.39, 0.29) is 4.71 Å². The van der Waals surface area contributed by atoms with E-state index in [2.05, 4.69) is 17.5 Å². The van der Waals surface area contributed by atoms with Crippen LogP contribution in [0.2, 0.25) is 0 Å². The van der Waals surface area contributed by atoms with Crippen LogP contribution < -0.4 is 5.43 Å². The van der Waals surface area contributed by atoms with E-state index in [4.69, 9.17) is 34.8 Å². The molecule has 8 heteroatoms. The van der Waals surface area contributed by atoms with E-state index in [0.717, 1.165) is 12.8 Å². The van der Waals surface area contributed by atoms with Crippen LogP contribution in [0, 0.1) is 0 Å². The molecule has 19 heavy (non-hydrogen) atoms. The highest BCUT2D eigenvalue weighted by molar-refractivity contribution is 8.22. The van der Waals surface area contributed by atoms with Gasteiger partial charge in [0.1, 0.15) is 5.04 Å². The molecular weight excluding hydrogens is 347 g/mol. The maximum atomic E-state index is 12.0. The van der Waals surface area contributed by atoms with Gasteiger partial charge in [0, 0.05) is 5.75 Å². The molecule has 1 N–H and O–H groups in total. The lowest BCUT2D eigenvalue weighted by atomic mass is 10.1. The summed E-state index contributed by atoms with van der Waals surface area (Å²) < 4.78 is 10.2. The van der Waals surface area contributed by atoms with Gasteiger partial charge in [-0.15, -0.1) is 0 Å². The average Bonchev–Trinajstić information content (AvgIpc) is 2.82. The maximum Gasteiger partial charge on any atom is 0.240 e. The first kappa shape index (κ1) is 17.9. The molecule has 3 nitrogen and oxygen atoms in total. The van der Waals surface area contributed by atoms with Gasteiger partial charge >= 0.3 is 0 Å². The van der Waals surface area contributed by atoms with Crippen LogP contribution in [0.1, 0.15) is 45.4 Å². The number of nitrogens with one attached hydrogen (secondary N) is 1. The summed E-state index contributed by atoms with van der Waals surface area (Å²) in [6, 6.07) is 0. The molecule has 1 heterocycles. The Balaban J connectivity index is 2.16. The van der Waals surface area contributed by atoms with Crippen LogP contribution in [0.3, 0.4) is 0 Å². The SMILES string of the molecule is CCCCCCCCS(=O)C1NN=C(C(Cl)(Cl)Cl)S1. The summed E-state index contributed by atoms with van der Waals surface area (Å²) in [5, 5.41) is 4.28. The highest BCUT2D eigenvalue weighted by atomic mass is 35.6. The molecule has 1 aliphatic rings. The maximum absolute atomic E-state index is 12.0. The number of unbranched alkanes of at least 4 members (excludes halogenated alkanes) is 5. The van der Waals surface area contributed by atoms with Crippen LogP contribution >= 0.6 is 46.6 Å². The number of halogens is 3. The Morgan fingerprint density at radius 2 is 1.89 bits per heavy atom. The smallest absolute Gasteiger partial charge is 0.240 e. The van der Waals surface area contributed by atoms with Gasteiger partial charge in [-0.3, -0.25) is 9.63 Å². The minimum absolute atomic E-state index is 0.290. The number of hydrogen-bond donors (Lipinski definition) is 1. The standard InChI is InChI=1S/C11H19Cl3N2OS2/c1-2-3-4-5-6-7-8-19(17)10-16-15-9(18-10)11(12,13)14/h10,16H,2-8H2,1H3. The van der Waals surface area contributed by atoms with Crippen LogP contribution in [0.25, 0.3) is 0 Å². The molecule has 1 aliphatic heterocycles. The second kappa shape index (κ2) is 8.98. The molecule has 0 saturated heterocycles. The van der Waals surface area contributed by atoms with Crippen LogP contribution in [0.4, 0.5) is 0 Å². The van der Waals surface area contributed by atoms with E-state index in [1.807, 2.05) is 0 Å². The average molecular weight is 366 g/mol. The van der Waals surface area contributed by atoms with Gasteiger partial charge in [0.2, 0.25) is 3.79 Å². The molecule has 0 aromatic rings. The normalized spacial score (nSPS) is 21.1. The largest absolute Gasteiger partial charge is 0.283 e. The molecule has 0 aromatic carbocycles. The monoisotopic (exact) mass is 364 g/mol. The molecule has 0 aromatic heterocycles. The van der Waals surface area contributed by atoms with Crippen molar-refractivity contribution in [3.8, 4) is 0 Å². The molecule has 112 valence electrons. The topological polar surface area (TPSA) is 41.5 Å². The lowest BCUT2D eigenvalue weighted by molar-refractivity contribution is 0.620. The Kier molecular flexibility index (Phi) is 8.46. The van der Waals surface area contributed by atoms with Gasteiger partial charge in [-0.05, 0) is 6.42 Å². The Labute approximate surface area is 136 Å². The van der Waals surface area contributed by atoms with Crippen molar-refractivity contribution in [3.63, 3.8) is 0 Å². The molecule has 0 amide bonds. The first-order valence-electron chi connectivity index (χ1n) is 6.39. The zero-order chi connectivity index (χ0) is 14.3. The van der Waals surface area contributed by atoms with E-state index in [1.165, 1.54) is 37.4 Å². The highest BCUT2D eigenvalue weighted by Crippen LogP contribution is 2.37. The molecular formula is C11H19Cl3N2OS2. The van der Waals surface area contributed by atoms with E-state index in [1.54, 1.807) is 0 Å². The molecule has 2 atom stereocenters. The minimum atomic E-state index is -1.53. The van der Waals surface area contributed by atoms with Crippen LogP contribution in [0.5, 0.6) is 0 Å². The van der Waals surface area contributed by atoms with Gasteiger partial charge < -0.3 is 0 Å². The molecule has 0 aliphatic carbocycles. The quantitative estimate of drug-likeness (QED) is 0.512. The fraction of sp³-hybridized carbons (Fsp3) is 0.909. The summed E-state index contributed by atoms with van der Waals surface area (Å²) in [4.78, 5) is 0. The van der Waals surface area contributed by atoms with Crippen molar-refractivity contribution in [3.05, 3.63) is 0 Å². The molecule has 0 radical (unpaired) electrons. The second-order valence-corrected chi connectivity index (χ2v) is 9.66. The van der Waals surface area contributed by atoms with Crippen LogP contribution in [0.15, 0.2) is 5.10 Å². The first-order valence-corrected chi connectivity index (χ1v) is 9.79. The van der Waals surface area contributed by atoms with Crippen molar-refractivity contribution >= 4 is 62.4 Å². The second-order valence-electron chi connectivity index (χ2n) is 4.35. The molecule has 0 fully saturated rings. The summed E-state index contributed by atoms with van der Waals surface area (Å²) in [5.41, 5.74) is 2.77. The number of thioether (sulfide) groups is 1. The summed E-state index contributed by atoms with van der Waals surface area (Å²) >= 11 is 18.4. The number of hydrazone groups is 1. The van der Waals surface area contributed by atoms with Gasteiger partial charge in [0.05, 0.1) is 10.8 Å². The predicted octanol–water partition coefficient (Wildman–Crippen LogP) is 4.40. The summed E-state index contributed by atoms with van der Waals surface area (Å²) in [6.07, 6.45) is 7.10. The van der Waals surface area contributed by atoms with Crippen molar-refractivity contribution in [1.82, 2.24) is 5.43 Å². The fourth-order valence-electron chi connectivity index (χ4n) is 1.64. The Morgan fingerprint density at radius 3 is 2.47 bits per heavy atom. The first-order chi connectivity index (χ1) is 8.95. The van der Waals surface area contributed by atoms with Gasteiger partial charge in [0.15, 0.2) is 4.71 Å². The molecule has 2 unspecified atom stereocenters. The zero-order valence-electron chi connectivity index (χ0n) is 10.8. The van der Waals surface area contributed by atoms with Crippen molar-refractivity contribution in [1.29, 1.82) is 0 Å². The Hall–Kier alpha value is 0.840. The van der Waals surface area contributed by atoms with Gasteiger partial charge in [-0.1, -0.05) is 85.6 Å². The van der Waals surface area contributed by atoms with Crippen LogP contribution in [-0.2, 0) is 10.8 Å². The van der Waals surface area contributed by atoms with Crippen LogP contribution in [-0.4, -0.2) is 23.5 Å². The van der Waals surface area contributed by atoms with Crippen molar-refractivity contribution in [2.24, 2.45) is 5.10 Å². The molecule has 0 bridgehead atoms. The van der Waals surface area contributed by atoms with E-state index in [0.29, 0.717) is 10.8 Å².